The van der Waals surface area contributed by atoms with Gasteiger partial charge in [0.1, 0.15) is 0 Å². The van der Waals surface area contributed by atoms with E-state index in [0.29, 0.717) is 5.69 Å². The standard InChI is InChI=1S/C15H12Cl2N2O3S/c16-14(17)13(20)15(19-18-11-7-3-1-4-8-11)23(21,22)12-9-5-2-6-10-12/h1-10,14,18H/b19-15+. The zero-order valence-electron chi connectivity index (χ0n) is 11.7. The number of benzene rings is 2. The number of ketones is 1. The van der Waals surface area contributed by atoms with Crippen LogP contribution in [0, 0.1) is 0 Å². The number of halogens is 2. The summed E-state index contributed by atoms with van der Waals surface area (Å²) in [6.45, 7) is 0. The Morgan fingerprint density at radius 2 is 1.48 bits per heavy atom. The number of para-hydroxylation sites is 1. The number of rotatable bonds is 5. The molecule has 0 aromatic heterocycles. The molecule has 0 heterocycles. The van der Waals surface area contributed by atoms with Crippen LogP contribution in [0.4, 0.5) is 5.69 Å². The van der Waals surface area contributed by atoms with E-state index in [2.05, 4.69) is 10.5 Å². The fourth-order valence-electron chi connectivity index (χ4n) is 1.68. The second-order valence-corrected chi connectivity index (χ2v) is 7.34. The van der Waals surface area contributed by atoms with Crippen molar-refractivity contribution in [3.63, 3.8) is 0 Å². The van der Waals surface area contributed by atoms with E-state index in [-0.39, 0.29) is 4.90 Å². The molecule has 0 aliphatic carbocycles. The third-order valence-corrected chi connectivity index (χ3v) is 4.87. The van der Waals surface area contributed by atoms with Gasteiger partial charge in [0.2, 0.25) is 20.7 Å². The van der Waals surface area contributed by atoms with Crippen molar-refractivity contribution < 1.29 is 13.2 Å². The monoisotopic (exact) mass is 370 g/mol. The van der Waals surface area contributed by atoms with E-state index in [4.69, 9.17) is 23.2 Å². The summed E-state index contributed by atoms with van der Waals surface area (Å²) >= 11 is 11.1. The lowest BCUT2D eigenvalue weighted by molar-refractivity contribution is -0.111. The van der Waals surface area contributed by atoms with Crippen LogP contribution in [0.2, 0.25) is 0 Å². The fourth-order valence-corrected chi connectivity index (χ4v) is 3.30. The van der Waals surface area contributed by atoms with E-state index in [1.165, 1.54) is 12.1 Å². The predicted octanol–water partition coefficient (Wildman–Crippen LogP) is 3.26. The first kappa shape index (κ1) is 17.5. The molecule has 0 spiro atoms. The Balaban J connectivity index is 2.45. The molecule has 23 heavy (non-hydrogen) atoms. The Morgan fingerprint density at radius 1 is 0.957 bits per heavy atom. The fraction of sp³-hybridized carbons (Fsp3) is 0.0667. The average molecular weight is 371 g/mol. The first-order valence-corrected chi connectivity index (χ1v) is 8.80. The Morgan fingerprint density at radius 3 is 2.00 bits per heavy atom. The number of carbonyl (C=O) groups excluding carboxylic acids is 1. The van der Waals surface area contributed by atoms with E-state index >= 15 is 0 Å². The molecule has 0 radical (unpaired) electrons. The highest BCUT2D eigenvalue weighted by molar-refractivity contribution is 8.08. The number of nitrogens with one attached hydrogen (secondary N) is 1. The highest BCUT2D eigenvalue weighted by atomic mass is 35.5. The number of alkyl halides is 2. The highest BCUT2D eigenvalue weighted by Crippen LogP contribution is 2.17. The molecule has 0 bridgehead atoms. The molecule has 0 saturated carbocycles. The first-order valence-electron chi connectivity index (χ1n) is 6.44. The summed E-state index contributed by atoms with van der Waals surface area (Å²) in [7, 11) is -4.15. The van der Waals surface area contributed by atoms with Gasteiger partial charge in [-0.15, -0.1) is 0 Å². The largest absolute Gasteiger partial charge is 0.288 e. The third-order valence-electron chi connectivity index (χ3n) is 2.78. The van der Waals surface area contributed by atoms with Crippen molar-refractivity contribution in [1.29, 1.82) is 0 Å². The molecule has 0 saturated heterocycles. The van der Waals surface area contributed by atoms with Gasteiger partial charge in [0.15, 0.2) is 4.84 Å². The molecule has 2 aromatic carbocycles. The van der Waals surface area contributed by atoms with Crippen LogP contribution in [0.5, 0.6) is 0 Å². The number of Topliss-reactive ketones (excluding diaryl/α,β-unsaturated/α-hetero) is 1. The van der Waals surface area contributed by atoms with Crippen LogP contribution in [-0.4, -0.2) is 24.1 Å². The summed E-state index contributed by atoms with van der Waals surface area (Å²) in [6, 6.07) is 16.0. The minimum absolute atomic E-state index is 0.0732. The van der Waals surface area contributed by atoms with Crippen LogP contribution in [0.1, 0.15) is 0 Å². The van der Waals surface area contributed by atoms with E-state index < -0.39 is 25.5 Å². The number of anilines is 1. The van der Waals surface area contributed by atoms with Gasteiger partial charge in [-0.25, -0.2) is 8.42 Å². The van der Waals surface area contributed by atoms with Crippen molar-refractivity contribution in [2.45, 2.75) is 9.73 Å². The van der Waals surface area contributed by atoms with Crippen LogP contribution in [0.3, 0.4) is 0 Å². The number of carbonyl (C=O) groups is 1. The molecule has 0 amide bonds. The number of hydrazone groups is 1. The molecular weight excluding hydrogens is 359 g/mol. The second kappa shape index (κ2) is 7.59. The van der Waals surface area contributed by atoms with Crippen molar-refractivity contribution in [2.24, 2.45) is 5.10 Å². The Bertz CT molecular complexity index is 807. The Kier molecular flexibility index (Phi) is 5.76. The average Bonchev–Trinajstić information content (AvgIpc) is 2.56. The van der Waals surface area contributed by atoms with Gasteiger partial charge in [-0.3, -0.25) is 10.2 Å². The molecule has 0 aliphatic heterocycles. The maximum atomic E-state index is 12.6. The van der Waals surface area contributed by atoms with Gasteiger partial charge < -0.3 is 0 Å². The van der Waals surface area contributed by atoms with Crippen LogP contribution in [-0.2, 0) is 14.6 Å². The molecule has 2 rings (SSSR count). The lowest BCUT2D eigenvalue weighted by Gasteiger charge is -2.09. The molecular formula is C15H12Cl2N2O3S. The molecule has 5 nitrogen and oxygen atoms in total. The molecule has 1 N–H and O–H groups in total. The van der Waals surface area contributed by atoms with E-state index in [9.17, 15) is 13.2 Å². The van der Waals surface area contributed by atoms with E-state index in [1.807, 2.05) is 0 Å². The van der Waals surface area contributed by atoms with Crippen molar-refractivity contribution >= 4 is 49.6 Å². The van der Waals surface area contributed by atoms with Gasteiger partial charge >= 0.3 is 0 Å². The molecule has 0 atom stereocenters. The molecule has 120 valence electrons. The molecule has 0 aliphatic rings. The van der Waals surface area contributed by atoms with Crippen molar-refractivity contribution in [3.8, 4) is 0 Å². The van der Waals surface area contributed by atoms with Crippen molar-refractivity contribution in [3.05, 3.63) is 60.7 Å². The zero-order valence-corrected chi connectivity index (χ0v) is 14.0. The Hall–Kier alpha value is -1.89. The lowest BCUT2D eigenvalue weighted by Crippen LogP contribution is -2.30. The topological polar surface area (TPSA) is 75.6 Å². The number of sulfone groups is 1. The zero-order chi connectivity index (χ0) is 16.9. The summed E-state index contributed by atoms with van der Waals surface area (Å²) in [5.74, 6) is -0.999. The van der Waals surface area contributed by atoms with Gasteiger partial charge in [-0.2, -0.15) is 5.10 Å². The summed E-state index contributed by atoms with van der Waals surface area (Å²) < 4.78 is 25.2. The first-order chi connectivity index (χ1) is 10.9. The van der Waals surface area contributed by atoms with Crippen LogP contribution in [0.15, 0.2) is 70.7 Å². The normalized spacial score (nSPS) is 12.2. The Labute approximate surface area is 143 Å². The van der Waals surface area contributed by atoms with Gasteiger partial charge in [0.05, 0.1) is 10.6 Å². The van der Waals surface area contributed by atoms with E-state index in [1.54, 1.807) is 48.5 Å². The molecule has 0 unspecified atom stereocenters. The second-order valence-electron chi connectivity index (χ2n) is 4.38. The molecule has 2 aromatic rings. The minimum atomic E-state index is -4.15. The van der Waals surface area contributed by atoms with Crippen LogP contribution >= 0.6 is 23.2 Å². The van der Waals surface area contributed by atoms with Crippen LogP contribution in [0.25, 0.3) is 0 Å². The molecule has 8 heteroatoms. The third kappa shape index (κ3) is 4.31. The van der Waals surface area contributed by atoms with Gasteiger partial charge in [0, 0.05) is 0 Å². The lowest BCUT2D eigenvalue weighted by atomic mass is 10.3. The predicted molar refractivity (Wildman–Crippen MR) is 91.6 cm³/mol. The highest BCUT2D eigenvalue weighted by Gasteiger charge is 2.32. The SMILES string of the molecule is O=C(/C(=N\Nc1ccccc1)S(=O)(=O)c1ccccc1)C(Cl)Cl. The van der Waals surface area contributed by atoms with Gasteiger partial charge in [-0.1, -0.05) is 59.6 Å². The smallest absolute Gasteiger partial charge is 0.229 e. The molecule has 0 fully saturated rings. The van der Waals surface area contributed by atoms with E-state index in [0.717, 1.165) is 0 Å². The van der Waals surface area contributed by atoms with Crippen molar-refractivity contribution in [1.82, 2.24) is 0 Å². The summed E-state index contributed by atoms with van der Waals surface area (Å²) in [5.41, 5.74) is 3.04. The maximum absolute atomic E-state index is 12.6. The summed E-state index contributed by atoms with van der Waals surface area (Å²) in [6.07, 6.45) is 0. The summed E-state index contributed by atoms with van der Waals surface area (Å²) in [4.78, 5) is 10.5. The van der Waals surface area contributed by atoms with Crippen LogP contribution < -0.4 is 5.43 Å². The quantitative estimate of drug-likeness (QED) is 0.379. The minimum Gasteiger partial charge on any atom is -0.288 e. The number of nitrogens with zero attached hydrogens (tertiary/aromatic N) is 1. The number of hydrogen-bond donors (Lipinski definition) is 1. The summed E-state index contributed by atoms with van der Waals surface area (Å²) in [5, 5.41) is 2.98. The number of hydrogen-bond acceptors (Lipinski definition) is 5. The maximum Gasteiger partial charge on any atom is 0.229 e. The van der Waals surface area contributed by atoms with Gasteiger partial charge in [0.25, 0.3) is 0 Å². The van der Waals surface area contributed by atoms with Crippen molar-refractivity contribution in [2.75, 3.05) is 5.43 Å². The van der Waals surface area contributed by atoms with Gasteiger partial charge in [-0.05, 0) is 24.3 Å².